The Morgan fingerprint density at radius 1 is 1.05 bits per heavy atom. The Hall–Kier alpha value is -4.81. The summed E-state index contributed by atoms with van der Waals surface area (Å²) in [7, 11) is -2.27. The van der Waals surface area contributed by atoms with E-state index in [2.05, 4.69) is 24.3 Å². The molecule has 1 amide bonds. The van der Waals surface area contributed by atoms with Gasteiger partial charge < -0.3 is 19.0 Å². The zero-order chi connectivity index (χ0) is 43.0. The Morgan fingerprint density at radius 3 is 2.49 bits per heavy atom. The lowest BCUT2D eigenvalue weighted by Crippen LogP contribution is -2.42. The number of alkyl halides is 3. The number of carbonyl (C=O) groups excluding carboxylic acids is 1. The van der Waals surface area contributed by atoms with Gasteiger partial charge in [0.15, 0.2) is 11.3 Å². The number of hydrogen-bond acceptors (Lipinski definition) is 12. The number of hydrogen-bond donors (Lipinski definition) is 2. The number of aliphatic hydroxyl groups is 1. The zero-order valence-electron chi connectivity index (χ0n) is 33.7. The van der Waals surface area contributed by atoms with E-state index in [1.807, 2.05) is 36.1 Å². The number of nitrogens with zero attached hydrogens (tertiary/aromatic N) is 5. The summed E-state index contributed by atoms with van der Waals surface area (Å²) in [5.74, 6) is -1.23. The SMILES string of the molecule is COc1nc(-c2cccc(-c3cccc(-c4nc5cc6c(c(OC(F)(F)F)c5o4)CC[C@H]6N4CC[C@@H](C(=O)NS(=O)(=O)C5(C)CC5)C4)c3Cl)c2C)cnc1CN1CC[C@@H](O)C1. The Morgan fingerprint density at radius 2 is 1.79 bits per heavy atom. The highest BCUT2D eigenvalue weighted by atomic mass is 35.5. The molecule has 5 aromatic rings. The number of halogens is 4. The molecule has 3 aromatic carbocycles. The molecule has 0 bridgehead atoms. The highest BCUT2D eigenvalue weighted by Crippen LogP contribution is 2.49. The lowest BCUT2D eigenvalue weighted by molar-refractivity contribution is -0.274. The molecule has 2 saturated heterocycles. The van der Waals surface area contributed by atoms with E-state index in [1.165, 1.54) is 0 Å². The average molecular weight is 881 g/mol. The predicted octanol–water partition coefficient (Wildman–Crippen LogP) is 7.36. The van der Waals surface area contributed by atoms with E-state index < -0.39 is 38.7 Å². The van der Waals surface area contributed by atoms with Gasteiger partial charge in [0.25, 0.3) is 0 Å². The van der Waals surface area contributed by atoms with Crippen molar-refractivity contribution in [2.45, 2.75) is 82.2 Å². The van der Waals surface area contributed by atoms with E-state index in [0.29, 0.717) is 91.3 Å². The van der Waals surface area contributed by atoms with Crippen LogP contribution in [0.3, 0.4) is 0 Å². The standard InChI is InChI=1S/C43H44ClF3N6O7S/c1-23-26(6-4-7-27(23)33-19-48-34(41(50-33)58-3)22-52-16-13-25(54)21-52)28-8-5-9-30(36(28)44)40-49-32-18-31-29(37(38(32)59-40)60-43(45,46)47)10-11-35(31)53-17-12-24(20-53)39(55)51-61(56,57)42(2)14-15-42/h4-9,18-19,24-25,35,54H,10-17,20-22H2,1-3H3,(H,51,55)/t24-,25-,35-/m1/s1. The van der Waals surface area contributed by atoms with Gasteiger partial charge in [0.1, 0.15) is 11.2 Å². The minimum Gasteiger partial charge on any atom is -0.480 e. The van der Waals surface area contributed by atoms with E-state index in [1.54, 1.807) is 38.4 Å². The van der Waals surface area contributed by atoms with Gasteiger partial charge in [0.05, 0.1) is 46.4 Å². The molecule has 3 fully saturated rings. The smallest absolute Gasteiger partial charge is 0.480 e. The maximum atomic E-state index is 14.0. The number of ether oxygens (including phenoxy) is 2. The van der Waals surface area contributed by atoms with Gasteiger partial charge >= 0.3 is 6.36 Å². The Kier molecular flexibility index (Phi) is 10.6. The number of benzene rings is 3. The molecule has 2 aromatic heterocycles. The molecule has 2 aliphatic heterocycles. The number of aromatic nitrogens is 3. The van der Waals surface area contributed by atoms with E-state index >= 15 is 0 Å². The van der Waals surface area contributed by atoms with Crippen molar-refractivity contribution in [3.63, 3.8) is 0 Å². The largest absolute Gasteiger partial charge is 0.573 e. The number of amides is 1. The van der Waals surface area contributed by atoms with E-state index in [-0.39, 0.29) is 47.1 Å². The second-order valence-electron chi connectivity index (χ2n) is 16.7. The lowest BCUT2D eigenvalue weighted by Gasteiger charge is -2.25. The summed E-state index contributed by atoms with van der Waals surface area (Å²) in [6.45, 7) is 6.05. The summed E-state index contributed by atoms with van der Waals surface area (Å²) in [5.41, 5.74) is 5.54. The molecule has 9 rings (SSSR count). The van der Waals surface area contributed by atoms with Crippen LogP contribution < -0.4 is 14.2 Å². The molecule has 3 atom stereocenters. The zero-order valence-corrected chi connectivity index (χ0v) is 35.3. The van der Waals surface area contributed by atoms with Crippen molar-refractivity contribution in [2.24, 2.45) is 5.92 Å². The number of sulfonamides is 1. The van der Waals surface area contributed by atoms with Crippen molar-refractivity contribution in [3.8, 4) is 45.5 Å². The number of carbonyl (C=O) groups is 1. The number of methoxy groups -OCH3 is 1. The maximum absolute atomic E-state index is 14.0. The fourth-order valence-electron chi connectivity index (χ4n) is 8.95. The minimum absolute atomic E-state index is 0.00286. The van der Waals surface area contributed by atoms with Crippen LogP contribution in [0.1, 0.15) is 67.5 Å². The molecule has 18 heteroatoms. The molecule has 0 radical (unpaired) electrons. The minimum atomic E-state index is -5.03. The monoisotopic (exact) mass is 880 g/mol. The van der Waals surface area contributed by atoms with Crippen molar-refractivity contribution in [3.05, 3.63) is 76.1 Å². The second-order valence-corrected chi connectivity index (χ2v) is 19.3. The Bertz CT molecular complexity index is 2670. The normalized spacial score (nSPS) is 21.5. The third-order valence-electron chi connectivity index (χ3n) is 12.6. The number of likely N-dealkylation sites (tertiary alicyclic amines) is 2. The fraction of sp³-hybridized carbons (Fsp3) is 0.442. The molecule has 0 spiro atoms. The van der Waals surface area contributed by atoms with Crippen LogP contribution in [0.15, 0.2) is 53.1 Å². The first-order valence-corrected chi connectivity index (χ1v) is 22.1. The highest BCUT2D eigenvalue weighted by molar-refractivity contribution is 7.91. The molecular formula is C43H44ClF3N6O7S. The van der Waals surface area contributed by atoms with Gasteiger partial charge in [-0.25, -0.2) is 18.4 Å². The first-order valence-electron chi connectivity index (χ1n) is 20.2. The summed E-state index contributed by atoms with van der Waals surface area (Å²) in [6, 6.07) is 12.3. The van der Waals surface area contributed by atoms with Gasteiger partial charge in [-0.2, -0.15) is 0 Å². The molecule has 13 nitrogen and oxygen atoms in total. The Labute approximate surface area is 355 Å². The number of β-amino-alcohol motifs (C(OH)–C–C–N with tert-alkyl or cyclic N) is 1. The molecule has 61 heavy (non-hydrogen) atoms. The first kappa shape index (κ1) is 41.5. The van der Waals surface area contributed by atoms with Crippen LogP contribution >= 0.6 is 11.6 Å². The molecule has 2 aliphatic carbocycles. The Balaban J connectivity index is 1.02. The van der Waals surface area contributed by atoms with Crippen molar-refractivity contribution in [1.82, 2.24) is 29.5 Å². The fourth-order valence-corrected chi connectivity index (χ4v) is 10.6. The summed E-state index contributed by atoms with van der Waals surface area (Å²) < 4.78 is 85.4. The van der Waals surface area contributed by atoms with Crippen LogP contribution in [0.25, 0.3) is 44.9 Å². The average Bonchev–Trinajstić information content (AvgIpc) is 3.68. The van der Waals surface area contributed by atoms with Crippen molar-refractivity contribution in [1.29, 1.82) is 0 Å². The molecular weight excluding hydrogens is 837 g/mol. The van der Waals surface area contributed by atoms with E-state index in [9.17, 15) is 31.5 Å². The summed E-state index contributed by atoms with van der Waals surface area (Å²) in [6.07, 6.45) is -0.889. The molecule has 2 N–H and O–H groups in total. The van der Waals surface area contributed by atoms with Gasteiger partial charge in [0.2, 0.25) is 27.7 Å². The lowest BCUT2D eigenvalue weighted by atomic mass is 9.94. The highest BCUT2D eigenvalue weighted by Gasteiger charge is 2.51. The number of aliphatic hydroxyl groups excluding tert-OH is 1. The van der Waals surface area contributed by atoms with Gasteiger partial charge in [-0.15, -0.1) is 13.2 Å². The topological polar surface area (TPSA) is 160 Å². The van der Waals surface area contributed by atoms with E-state index in [4.69, 9.17) is 25.7 Å². The van der Waals surface area contributed by atoms with Crippen molar-refractivity contribution in [2.75, 3.05) is 33.3 Å². The van der Waals surface area contributed by atoms with Gasteiger partial charge in [-0.1, -0.05) is 41.9 Å². The maximum Gasteiger partial charge on any atom is 0.573 e. The molecule has 0 unspecified atom stereocenters. The third kappa shape index (κ3) is 7.83. The van der Waals surface area contributed by atoms with Gasteiger partial charge in [-0.3, -0.25) is 24.3 Å². The van der Waals surface area contributed by atoms with Gasteiger partial charge in [-0.05, 0) is 87.7 Å². The number of rotatable bonds is 11. The third-order valence-corrected chi connectivity index (χ3v) is 15.2. The second kappa shape index (κ2) is 15.5. The number of nitrogens with one attached hydrogen (secondary N) is 1. The van der Waals surface area contributed by atoms with Crippen LogP contribution in [0.4, 0.5) is 13.2 Å². The van der Waals surface area contributed by atoms with Crippen molar-refractivity contribution >= 4 is 38.6 Å². The van der Waals surface area contributed by atoms with Crippen LogP contribution in [0.2, 0.25) is 5.02 Å². The molecule has 1 saturated carbocycles. The van der Waals surface area contributed by atoms with Crippen LogP contribution in [-0.2, 0) is 27.8 Å². The van der Waals surface area contributed by atoms with Gasteiger partial charge in [0, 0.05) is 48.9 Å². The quantitative estimate of drug-likeness (QED) is 0.136. The van der Waals surface area contributed by atoms with Crippen LogP contribution in [0.5, 0.6) is 11.6 Å². The van der Waals surface area contributed by atoms with Crippen LogP contribution in [-0.4, -0.2) is 94.7 Å². The van der Waals surface area contributed by atoms with Crippen LogP contribution in [0, 0.1) is 12.8 Å². The summed E-state index contributed by atoms with van der Waals surface area (Å²) in [4.78, 5) is 31.3. The number of fused-ring (bicyclic) bond motifs is 2. The summed E-state index contributed by atoms with van der Waals surface area (Å²) >= 11 is 7.14. The molecule has 4 aliphatic rings. The predicted molar refractivity (Wildman–Crippen MR) is 220 cm³/mol. The molecule has 322 valence electrons. The first-order chi connectivity index (χ1) is 29.0. The number of oxazole rings is 1. The van der Waals surface area contributed by atoms with Crippen molar-refractivity contribution < 1.29 is 45.4 Å². The van der Waals surface area contributed by atoms with E-state index in [0.717, 1.165) is 23.2 Å². The molecule has 4 heterocycles. The summed E-state index contributed by atoms with van der Waals surface area (Å²) in [5, 5.41) is 10.2.